The van der Waals surface area contributed by atoms with Crippen LogP contribution in [-0.2, 0) is 4.79 Å². The van der Waals surface area contributed by atoms with Gasteiger partial charge in [0.25, 0.3) is 0 Å². The van der Waals surface area contributed by atoms with Crippen LogP contribution in [-0.4, -0.2) is 39.8 Å². The minimum atomic E-state index is -4.77. The molecule has 1 atom stereocenters. The average Bonchev–Trinajstić information content (AvgIpc) is 3.18. The number of amides is 1. The zero-order chi connectivity index (χ0) is 23.4. The molecule has 3 aromatic rings. The molecule has 1 aromatic heterocycles. The molecule has 0 unspecified atom stereocenters. The maximum atomic E-state index is 12.3. The molecule has 0 spiro atoms. The molecule has 1 amide bonds. The quantitative estimate of drug-likeness (QED) is 0.579. The summed E-state index contributed by atoms with van der Waals surface area (Å²) >= 11 is 0. The van der Waals surface area contributed by atoms with Gasteiger partial charge in [-0.2, -0.15) is 20.2 Å². The fourth-order valence-electron chi connectivity index (χ4n) is 3.02. The zero-order valence-corrected chi connectivity index (χ0v) is 16.8. The van der Waals surface area contributed by atoms with Crippen molar-refractivity contribution in [3.05, 3.63) is 54.4 Å². The third-order valence-electron chi connectivity index (χ3n) is 4.49. The zero-order valence-electron chi connectivity index (χ0n) is 16.8. The average molecular weight is 456 g/mol. The first-order valence-corrected chi connectivity index (χ1v) is 9.63. The molecule has 33 heavy (non-hydrogen) atoms. The Morgan fingerprint density at radius 1 is 1.00 bits per heavy atom. The van der Waals surface area contributed by atoms with Crippen molar-refractivity contribution in [3.63, 3.8) is 0 Å². The standard InChI is InChI=1S/C21H15F3N6O3/c22-21(23,24)33-15-7-5-14(6-8-15)32-13-3-1-12(2-4-13)18-28-17(11-25)29-20(30-18)27-16-9-10-26-19(16)31/h1-8,16H,9-10H2,(H,26,31)(H,27,28,29,30)/t16-/m0/s1. The topological polar surface area (TPSA) is 122 Å². The lowest BCUT2D eigenvalue weighted by atomic mass is 10.2. The van der Waals surface area contributed by atoms with E-state index in [1.165, 1.54) is 12.1 Å². The van der Waals surface area contributed by atoms with Crippen molar-refractivity contribution in [1.29, 1.82) is 5.26 Å². The number of nitrogens with zero attached hydrogens (tertiary/aromatic N) is 4. The lowest BCUT2D eigenvalue weighted by Gasteiger charge is -2.11. The van der Waals surface area contributed by atoms with Crippen molar-refractivity contribution < 1.29 is 27.4 Å². The minimum absolute atomic E-state index is 0.109. The molecule has 1 saturated heterocycles. The van der Waals surface area contributed by atoms with Crippen molar-refractivity contribution in [2.45, 2.75) is 18.8 Å². The number of halogens is 3. The van der Waals surface area contributed by atoms with Gasteiger partial charge in [-0.15, -0.1) is 13.2 Å². The van der Waals surface area contributed by atoms with Gasteiger partial charge >= 0.3 is 6.36 Å². The van der Waals surface area contributed by atoms with Crippen LogP contribution < -0.4 is 20.1 Å². The normalized spacial score (nSPS) is 15.5. The second kappa shape index (κ2) is 8.99. The molecule has 1 aliphatic heterocycles. The summed E-state index contributed by atoms with van der Waals surface area (Å²) in [5, 5.41) is 14.8. The van der Waals surface area contributed by atoms with Crippen LogP contribution in [0.25, 0.3) is 11.4 Å². The van der Waals surface area contributed by atoms with E-state index in [2.05, 4.69) is 30.3 Å². The fourth-order valence-corrected chi connectivity index (χ4v) is 3.02. The van der Waals surface area contributed by atoms with E-state index in [1.807, 2.05) is 6.07 Å². The molecule has 12 heteroatoms. The summed E-state index contributed by atoms with van der Waals surface area (Å²) in [5.41, 5.74) is 0.564. The molecule has 9 nitrogen and oxygen atoms in total. The fraction of sp³-hybridized carbons (Fsp3) is 0.190. The third-order valence-corrected chi connectivity index (χ3v) is 4.49. The summed E-state index contributed by atoms with van der Waals surface area (Å²) < 4.78 is 46.2. The predicted molar refractivity (Wildman–Crippen MR) is 108 cm³/mol. The van der Waals surface area contributed by atoms with E-state index in [1.54, 1.807) is 24.3 Å². The Bertz CT molecular complexity index is 1190. The Hall–Kier alpha value is -4.40. The summed E-state index contributed by atoms with van der Waals surface area (Å²) in [6, 6.07) is 12.9. The molecule has 1 fully saturated rings. The molecule has 4 rings (SSSR count). The Morgan fingerprint density at radius 2 is 1.64 bits per heavy atom. The monoisotopic (exact) mass is 456 g/mol. The van der Waals surface area contributed by atoms with Crippen LogP contribution >= 0.6 is 0 Å². The second-order valence-electron chi connectivity index (χ2n) is 6.84. The first kappa shape index (κ1) is 21.8. The van der Waals surface area contributed by atoms with Gasteiger partial charge in [0.05, 0.1) is 0 Å². The Labute approximate surface area is 185 Å². The highest BCUT2D eigenvalue weighted by Crippen LogP contribution is 2.28. The van der Waals surface area contributed by atoms with E-state index in [9.17, 15) is 23.2 Å². The number of nitrogens with one attached hydrogen (secondary N) is 2. The van der Waals surface area contributed by atoms with Gasteiger partial charge in [0.1, 0.15) is 29.4 Å². The highest BCUT2D eigenvalue weighted by molar-refractivity contribution is 5.86. The number of alkyl halides is 3. The van der Waals surface area contributed by atoms with Gasteiger partial charge in [-0.05, 0) is 55.0 Å². The number of carbonyl (C=O) groups excluding carboxylic acids is 1. The molecule has 2 N–H and O–H groups in total. The van der Waals surface area contributed by atoms with Crippen LogP contribution in [0.5, 0.6) is 17.2 Å². The minimum Gasteiger partial charge on any atom is -0.457 e. The molecular formula is C21H15F3N6O3. The SMILES string of the molecule is N#Cc1nc(N[C@H]2CCNC2=O)nc(-c2ccc(Oc3ccc(OC(F)(F)F)cc3)cc2)n1. The predicted octanol–water partition coefficient (Wildman–Crippen LogP) is 3.40. The van der Waals surface area contributed by atoms with E-state index in [0.29, 0.717) is 30.0 Å². The number of rotatable bonds is 6. The Kier molecular flexibility index (Phi) is 5.95. The van der Waals surface area contributed by atoms with Crippen LogP contribution in [0.1, 0.15) is 12.2 Å². The highest BCUT2D eigenvalue weighted by atomic mass is 19.4. The van der Waals surface area contributed by atoms with Gasteiger partial charge in [-0.1, -0.05) is 0 Å². The van der Waals surface area contributed by atoms with Gasteiger partial charge in [0, 0.05) is 12.1 Å². The van der Waals surface area contributed by atoms with Crippen LogP contribution in [0.3, 0.4) is 0 Å². The van der Waals surface area contributed by atoms with Gasteiger partial charge < -0.3 is 20.1 Å². The summed E-state index contributed by atoms with van der Waals surface area (Å²) in [6.45, 7) is 0.541. The lowest BCUT2D eigenvalue weighted by molar-refractivity contribution is -0.274. The number of carbonyl (C=O) groups is 1. The van der Waals surface area contributed by atoms with E-state index in [-0.39, 0.29) is 29.3 Å². The van der Waals surface area contributed by atoms with E-state index in [0.717, 1.165) is 12.1 Å². The lowest BCUT2D eigenvalue weighted by Crippen LogP contribution is -2.30. The van der Waals surface area contributed by atoms with Crippen LogP contribution in [0.4, 0.5) is 19.1 Å². The molecule has 0 saturated carbocycles. The van der Waals surface area contributed by atoms with Crippen LogP contribution in [0.2, 0.25) is 0 Å². The molecule has 1 aliphatic rings. The molecule has 2 heterocycles. The first-order chi connectivity index (χ1) is 15.8. The molecule has 0 radical (unpaired) electrons. The van der Waals surface area contributed by atoms with E-state index >= 15 is 0 Å². The van der Waals surface area contributed by atoms with Gasteiger partial charge in [-0.3, -0.25) is 4.79 Å². The number of hydrogen-bond donors (Lipinski definition) is 2. The first-order valence-electron chi connectivity index (χ1n) is 9.63. The maximum Gasteiger partial charge on any atom is 0.573 e. The highest BCUT2D eigenvalue weighted by Gasteiger charge is 2.31. The third kappa shape index (κ3) is 5.65. The summed E-state index contributed by atoms with van der Waals surface area (Å²) in [6.07, 6.45) is -4.20. The van der Waals surface area contributed by atoms with Crippen molar-refractivity contribution in [2.75, 3.05) is 11.9 Å². The van der Waals surface area contributed by atoms with Crippen molar-refractivity contribution in [3.8, 4) is 34.7 Å². The van der Waals surface area contributed by atoms with Gasteiger partial charge in [0.15, 0.2) is 5.82 Å². The summed E-state index contributed by atoms with van der Waals surface area (Å²) in [5.74, 6) is 0.428. The van der Waals surface area contributed by atoms with Crippen LogP contribution in [0, 0.1) is 11.3 Å². The Balaban J connectivity index is 1.48. The van der Waals surface area contributed by atoms with Crippen molar-refractivity contribution in [1.82, 2.24) is 20.3 Å². The van der Waals surface area contributed by atoms with Gasteiger partial charge in [-0.25, -0.2) is 0 Å². The molecular weight excluding hydrogens is 441 g/mol. The summed E-state index contributed by atoms with van der Waals surface area (Å²) in [7, 11) is 0. The molecule has 168 valence electrons. The maximum absolute atomic E-state index is 12.3. The largest absolute Gasteiger partial charge is 0.573 e. The van der Waals surface area contributed by atoms with Crippen molar-refractivity contribution in [2.24, 2.45) is 0 Å². The number of hydrogen-bond acceptors (Lipinski definition) is 8. The van der Waals surface area contributed by atoms with E-state index < -0.39 is 12.4 Å². The number of nitriles is 1. The smallest absolute Gasteiger partial charge is 0.457 e. The molecule has 2 aromatic carbocycles. The number of aromatic nitrogens is 3. The molecule has 0 aliphatic carbocycles. The summed E-state index contributed by atoms with van der Waals surface area (Å²) in [4.78, 5) is 24.2. The number of ether oxygens (including phenoxy) is 2. The number of benzene rings is 2. The van der Waals surface area contributed by atoms with Crippen LogP contribution in [0.15, 0.2) is 48.5 Å². The van der Waals surface area contributed by atoms with Gasteiger partial charge in [0.2, 0.25) is 17.7 Å². The van der Waals surface area contributed by atoms with E-state index in [4.69, 9.17) is 4.74 Å². The molecule has 0 bridgehead atoms. The van der Waals surface area contributed by atoms with Crippen molar-refractivity contribution >= 4 is 11.9 Å². The second-order valence-corrected chi connectivity index (χ2v) is 6.84. The number of anilines is 1. The Morgan fingerprint density at radius 3 is 2.21 bits per heavy atom.